The summed E-state index contributed by atoms with van der Waals surface area (Å²) in [7, 11) is -3.70. The van der Waals surface area contributed by atoms with E-state index in [9.17, 15) is 13.2 Å². The minimum atomic E-state index is -3.70. The first kappa shape index (κ1) is 26.0. The van der Waals surface area contributed by atoms with Crippen molar-refractivity contribution < 1.29 is 27.4 Å². The van der Waals surface area contributed by atoms with Gasteiger partial charge in [-0.2, -0.15) is 4.31 Å². The van der Waals surface area contributed by atoms with E-state index in [4.69, 9.17) is 14.2 Å². The van der Waals surface area contributed by atoms with Crippen molar-refractivity contribution in [3.63, 3.8) is 0 Å². The molecule has 1 atom stereocenters. The molecule has 0 bridgehead atoms. The van der Waals surface area contributed by atoms with Gasteiger partial charge in [-0.1, -0.05) is 19.9 Å². The molecular formula is C25H34N2O6S. The number of sulfonamides is 1. The topological polar surface area (TPSA) is 94.2 Å². The van der Waals surface area contributed by atoms with Gasteiger partial charge in [0.15, 0.2) is 0 Å². The SMILES string of the molecule is CCN(CC)S(=O)(=O)c1ccc(OC(C)C)c(NC(=O)c2cccc(OCC3CCCO3)c2)c1. The maximum atomic E-state index is 13.1. The zero-order valence-electron chi connectivity index (χ0n) is 20.2. The molecule has 2 aromatic carbocycles. The molecule has 9 heteroatoms. The Morgan fingerprint density at radius 3 is 2.59 bits per heavy atom. The van der Waals surface area contributed by atoms with Gasteiger partial charge in [-0.15, -0.1) is 0 Å². The molecule has 34 heavy (non-hydrogen) atoms. The molecule has 0 radical (unpaired) electrons. The smallest absolute Gasteiger partial charge is 0.255 e. The van der Waals surface area contributed by atoms with Gasteiger partial charge in [0.25, 0.3) is 5.91 Å². The van der Waals surface area contributed by atoms with Gasteiger partial charge in [-0.3, -0.25) is 4.79 Å². The van der Waals surface area contributed by atoms with Crippen LogP contribution < -0.4 is 14.8 Å². The number of hydrogen-bond acceptors (Lipinski definition) is 6. The molecule has 0 aromatic heterocycles. The molecule has 0 aliphatic carbocycles. The van der Waals surface area contributed by atoms with Crippen LogP contribution in [-0.4, -0.2) is 57.1 Å². The number of rotatable bonds is 11. The summed E-state index contributed by atoms with van der Waals surface area (Å²) in [4.78, 5) is 13.2. The molecule has 1 fully saturated rings. The van der Waals surface area contributed by atoms with E-state index >= 15 is 0 Å². The van der Waals surface area contributed by atoms with Crippen LogP contribution in [0.5, 0.6) is 11.5 Å². The van der Waals surface area contributed by atoms with Gasteiger partial charge in [0, 0.05) is 25.3 Å². The minimum absolute atomic E-state index is 0.0729. The van der Waals surface area contributed by atoms with E-state index in [1.165, 1.54) is 16.4 Å². The number of nitrogens with one attached hydrogen (secondary N) is 1. The van der Waals surface area contributed by atoms with Gasteiger partial charge in [0.2, 0.25) is 10.0 Å². The standard InChI is InChI=1S/C25H34N2O6S/c1-5-27(6-2)34(29,30)22-12-13-24(33-18(3)4)23(16-22)26-25(28)19-9-7-10-20(15-19)32-17-21-11-8-14-31-21/h7,9-10,12-13,15-16,18,21H,5-6,8,11,14,17H2,1-4H3,(H,26,28). The van der Waals surface area contributed by atoms with Gasteiger partial charge in [0.05, 0.1) is 22.8 Å². The van der Waals surface area contributed by atoms with Crippen LogP contribution in [0.25, 0.3) is 0 Å². The molecule has 186 valence electrons. The quantitative estimate of drug-likeness (QED) is 0.504. The number of hydrogen-bond donors (Lipinski definition) is 1. The van der Waals surface area contributed by atoms with Gasteiger partial charge in [-0.05, 0) is 63.1 Å². The number of carbonyl (C=O) groups excluding carboxylic acids is 1. The molecule has 1 unspecified atom stereocenters. The van der Waals surface area contributed by atoms with Crippen LogP contribution in [0.15, 0.2) is 47.4 Å². The Morgan fingerprint density at radius 2 is 1.94 bits per heavy atom. The second kappa shape index (κ2) is 11.7. The molecule has 1 aliphatic rings. The Morgan fingerprint density at radius 1 is 1.18 bits per heavy atom. The Bertz CT molecular complexity index is 1080. The van der Waals surface area contributed by atoms with E-state index in [1.807, 2.05) is 13.8 Å². The summed E-state index contributed by atoms with van der Waals surface area (Å²) >= 11 is 0. The first-order valence-electron chi connectivity index (χ1n) is 11.7. The molecule has 1 N–H and O–H groups in total. The second-order valence-electron chi connectivity index (χ2n) is 8.34. The van der Waals surface area contributed by atoms with Crippen LogP contribution in [-0.2, 0) is 14.8 Å². The largest absolute Gasteiger partial charge is 0.491 e. The summed E-state index contributed by atoms with van der Waals surface area (Å²) in [5.41, 5.74) is 0.676. The summed E-state index contributed by atoms with van der Waals surface area (Å²) in [6.45, 7) is 9.18. The summed E-state index contributed by atoms with van der Waals surface area (Å²) in [6, 6.07) is 11.4. The molecule has 1 heterocycles. The first-order valence-corrected chi connectivity index (χ1v) is 13.1. The lowest BCUT2D eigenvalue weighted by Crippen LogP contribution is -2.30. The fourth-order valence-electron chi connectivity index (χ4n) is 3.72. The predicted molar refractivity (Wildman–Crippen MR) is 131 cm³/mol. The van der Waals surface area contributed by atoms with Gasteiger partial charge >= 0.3 is 0 Å². The summed E-state index contributed by atoms with van der Waals surface area (Å²) < 4.78 is 44.6. The van der Waals surface area contributed by atoms with Crippen molar-refractivity contribution in [1.29, 1.82) is 0 Å². The summed E-state index contributed by atoms with van der Waals surface area (Å²) in [6.07, 6.45) is 1.91. The van der Waals surface area contributed by atoms with Crippen LogP contribution in [0, 0.1) is 0 Å². The van der Waals surface area contributed by atoms with Crippen molar-refractivity contribution in [2.75, 3.05) is 31.6 Å². The average Bonchev–Trinajstić information content (AvgIpc) is 3.33. The van der Waals surface area contributed by atoms with Gasteiger partial charge in [0.1, 0.15) is 18.1 Å². The third-order valence-corrected chi connectivity index (χ3v) is 7.51. The Labute approximate surface area is 202 Å². The lowest BCUT2D eigenvalue weighted by molar-refractivity contribution is 0.0679. The maximum Gasteiger partial charge on any atom is 0.255 e. The summed E-state index contributed by atoms with van der Waals surface area (Å²) in [5.74, 6) is 0.570. The van der Waals surface area contributed by atoms with E-state index in [1.54, 1.807) is 44.2 Å². The fraction of sp³-hybridized carbons (Fsp3) is 0.480. The minimum Gasteiger partial charge on any atom is -0.491 e. The molecule has 3 rings (SSSR count). The molecule has 8 nitrogen and oxygen atoms in total. The van der Waals surface area contributed by atoms with E-state index < -0.39 is 15.9 Å². The third kappa shape index (κ3) is 6.49. The van der Waals surface area contributed by atoms with Gasteiger partial charge < -0.3 is 19.5 Å². The maximum absolute atomic E-state index is 13.1. The number of nitrogens with zero attached hydrogens (tertiary/aromatic N) is 1. The highest BCUT2D eigenvalue weighted by atomic mass is 32.2. The normalized spacial score (nSPS) is 16.1. The van der Waals surface area contributed by atoms with Crippen molar-refractivity contribution in [2.24, 2.45) is 0 Å². The summed E-state index contributed by atoms with van der Waals surface area (Å²) in [5, 5.41) is 2.82. The van der Waals surface area contributed by atoms with E-state index in [2.05, 4.69) is 5.32 Å². The molecule has 2 aromatic rings. The molecule has 1 aliphatic heterocycles. The molecular weight excluding hydrogens is 456 g/mol. The first-order chi connectivity index (χ1) is 16.2. The zero-order chi connectivity index (χ0) is 24.7. The van der Waals surface area contributed by atoms with Crippen LogP contribution in [0.2, 0.25) is 0 Å². The van der Waals surface area contributed by atoms with E-state index in [-0.39, 0.29) is 22.8 Å². The Hall–Kier alpha value is -2.62. The van der Waals surface area contributed by atoms with Crippen molar-refractivity contribution >= 4 is 21.6 Å². The highest BCUT2D eigenvalue weighted by Gasteiger charge is 2.24. The van der Waals surface area contributed by atoms with E-state index in [0.29, 0.717) is 36.8 Å². The Balaban J connectivity index is 1.83. The molecule has 1 amide bonds. The number of carbonyl (C=O) groups is 1. The monoisotopic (exact) mass is 490 g/mol. The van der Waals surface area contributed by atoms with Crippen molar-refractivity contribution in [3.05, 3.63) is 48.0 Å². The highest BCUT2D eigenvalue weighted by molar-refractivity contribution is 7.89. The van der Waals surface area contributed by atoms with E-state index in [0.717, 1.165) is 19.4 Å². The Kier molecular flexibility index (Phi) is 8.93. The molecule has 0 spiro atoms. The van der Waals surface area contributed by atoms with Gasteiger partial charge in [-0.25, -0.2) is 8.42 Å². The van der Waals surface area contributed by atoms with Crippen LogP contribution >= 0.6 is 0 Å². The van der Waals surface area contributed by atoms with Crippen LogP contribution in [0.3, 0.4) is 0 Å². The van der Waals surface area contributed by atoms with Crippen LogP contribution in [0.1, 0.15) is 50.9 Å². The van der Waals surface area contributed by atoms with Crippen molar-refractivity contribution in [1.82, 2.24) is 4.31 Å². The lowest BCUT2D eigenvalue weighted by Gasteiger charge is -2.20. The van der Waals surface area contributed by atoms with Crippen molar-refractivity contribution in [2.45, 2.75) is 57.6 Å². The van der Waals surface area contributed by atoms with Crippen LogP contribution in [0.4, 0.5) is 5.69 Å². The second-order valence-corrected chi connectivity index (χ2v) is 10.3. The number of anilines is 1. The highest BCUT2D eigenvalue weighted by Crippen LogP contribution is 2.31. The fourth-order valence-corrected chi connectivity index (χ4v) is 5.21. The molecule has 1 saturated heterocycles. The third-order valence-electron chi connectivity index (χ3n) is 5.46. The number of amides is 1. The van der Waals surface area contributed by atoms with Crippen molar-refractivity contribution in [3.8, 4) is 11.5 Å². The molecule has 0 saturated carbocycles. The number of ether oxygens (including phenoxy) is 3. The lowest BCUT2D eigenvalue weighted by atomic mass is 10.2. The average molecular weight is 491 g/mol. The zero-order valence-corrected chi connectivity index (χ0v) is 21.1. The number of benzene rings is 2. The predicted octanol–water partition coefficient (Wildman–Crippen LogP) is 4.31.